The largest absolute Gasteiger partial charge is 0.497 e. The van der Waals surface area contributed by atoms with Crippen molar-refractivity contribution < 1.29 is 19.0 Å². The molecule has 164 valence electrons. The van der Waals surface area contributed by atoms with E-state index in [0.717, 1.165) is 48.4 Å². The lowest BCUT2D eigenvalue weighted by Crippen LogP contribution is -2.60. The van der Waals surface area contributed by atoms with Gasteiger partial charge < -0.3 is 19.1 Å². The van der Waals surface area contributed by atoms with Gasteiger partial charge in [-0.2, -0.15) is 10.1 Å². The molecule has 8 heteroatoms. The Morgan fingerprint density at radius 2 is 2.00 bits per heavy atom. The van der Waals surface area contributed by atoms with E-state index in [4.69, 9.17) is 14.2 Å². The van der Waals surface area contributed by atoms with Crippen LogP contribution in [0.2, 0.25) is 0 Å². The Labute approximate surface area is 182 Å². The monoisotopic (exact) mass is 424 g/mol. The van der Waals surface area contributed by atoms with Crippen molar-refractivity contribution in [3.8, 4) is 11.5 Å². The number of hydrogen-bond acceptors (Lipinski definition) is 8. The fourth-order valence-electron chi connectivity index (χ4n) is 3.64. The Hall–Kier alpha value is -3.10. The lowest BCUT2D eigenvalue weighted by molar-refractivity contribution is -0.218. The normalized spacial score (nSPS) is 20.8. The van der Waals surface area contributed by atoms with Crippen molar-refractivity contribution in [2.75, 3.05) is 27.7 Å². The number of benzene rings is 2. The number of aldehydes is 1. The summed E-state index contributed by atoms with van der Waals surface area (Å²) in [4.78, 5) is 13.8. The summed E-state index contributed by atoms with van der Waals surface area (Å²) in [6.07, 6.45) is 0.570. The molecule has 0 aromatic heterocycles. The maximum atomic E-state index is 11.7. The highest BCUT2D eigenvalue weighted by Gasteiger charge is 2.42. The van der Waals surface area contributed by atoms with Crippen LogP contribution in [-0.4, -0.2) is 67.4 Å². The number of carbonyl (C=O) groups is 1. The Morgan fingerprint density at radius 1 is 1.23 bits per heavy atom. The second kappa shape index (κ2) is 8.95. The van der Waals surface area contributed by atoms with Crippen molar-refractivity contribution in [2.45, 2.75) is 32.3 Å². The number of nitrogens with zero attached hydrogens (tertiary/aromatic N) is 4. The molecule has 0 aliphatic carbocycles. The predicted molar refractivity (Wildman–Crippen MR) is 117 cm³/mol. The molecule has 1 fully saturated rings. The lowest BCUT2D eigenvalue weighted by atomic mass is 10.1. The first-order valence-corrected chi connectivity index (χ1v) is 10.3. The molecule has 0 saturated carbocycles. The average molecular weight is 425 g/mol. The van der Waals surface area contributed by atoms with Crippen molar-refractivity contribution >= 4 is 12.2 Å². The van der Waals surface area contributed by atoms with E-state index in [0.29, 0.717) is 5.90 Å². The molecular formula is C23H28N4O4. The zero-order valence-corrected chi connectivity index (χ0v) is 18.3. The van der Waals surface area contributed by atoms with Crippen molar-refractivity contribution in [1.29, 1.82) is 0 Å². The van der Waals surface area contributed by atoms with E-state index >= 15 is 0 Å². The molecular weight excluding hydrogens is 396 g/mol. The molecule has 4 rings (SSSR count). The molecule has 1 saturated heterocycles. The Balaban J connectivity index is 1.47. The average Bonchev–Trinajstić information content (AvgIpc) is 3.15. The van der Waals surface area contributed by atoms with Gasteiger partial charge in [-0.05, 0) is 62.5 Å². The zero-order valence-electron chi connectivity index (χ0n) is 18.3. The summed E-state index contributed by atoms with van der Waals surface area (Å²) >= 11 is 0. The molecule has 0 radical (unpaired) electrons. The first-order chi connectivity index (χ1) is 15.0. The second-order valence-electron chi connectivity index (χ2n) is 7.96. The van der Waals surface area contributed by atoms with E-state index in [1.165, 1.54) is 5.56 Å². The first-order valence-electron chi connectivity index (χ1n) is 10.3. The van der Waals surface area contributed by atoms with Crippen LogP contribution in [0, 0.1) is 6.92 Å². The molecule has 2 atom stereocenters. The van der Waals surface area contributed by atoms with E-state index in [9.17, 15) is 4.79 Å². The molecule has 8 nitrogen and oxygen atoms in total. The van der Waals surface area contributed by atoms with Gasteiger partial charge in [0.05, 0.1) is 7.11 Å². The number of hydrazine groups is 1. The van der Waals surface area contributed by atoms with Crippen molar-refractivity contribution in [1.82, 2.24) is 15.0 Å². The molecule has 31 heavy (non-hydrogen) atoms. The molecule has 0 spiro atoms. The number of ether oxygens (including phenoxy) is 3. The zero-order chi connectivity index (χ0) is 22.0. The van der Waals surface area contributed by atoms with Crippen LogP contribution in [0.5, 0.6) is 11.5 Å². The van der Waals surface area contributed by atoms with Gasteiger partial charge in [-0.3, -0.25) is 4.79 Å². The van der Waals surface area contributed by atoms with Crippen LogP contribution in [0.4, 0.5) is 0 Å². The molecule has 2 aliphatic rings. The maximum Gasteiger partial charge on any atom is 0.260 e. The van der Waals surface area contributed by atoms with E-state index < -0.39 is 6.23 Å². The molecule has 0 bridgehead atoms. The quantitative estimate of drug-likeness (QED) is 0.604. The van der Waals surface area contributed by atoms with Gasteiger partial charge in [0.25, 0.3) is 6.23 Å². The van der Waals surface area contributed by atoms with E-state index in [2.05, 4.69) is 22.1 Å². The first kappa shape index (κ1) is 21.1. The standard InChI is InChI=1S/C23H28N4O4/c1-16-13-17(14-25(2)3)5-10-20(16)30-21-11-12-26(21)27-22(15-28)31-23(24-27)18-6-8-19(29-4)9-7-18/h5-10,13,15,21-22H,11-12,14H2,1-4H3. The van der Waals surface area contributed by atoms with Crippen LogP contribution in [0.25, 0.3) is 0 Å². The van der Waals surface area contributed by atoms with E-state index in [1.807, 2.05) is 56.4 Å². The lowest BCUT2D eigenvalue weighted by Gasteiger charge is -2.44. The minimum Gasteiger partial charge on any atom is -0.497 e. The van der Waals surface area contributed by atoms with Gasteiger partial charge in [0, 0.05) is 25.1 Å². The van der Waals surface area contributed by atoms with E-state index in [1.54, 1.807) is 12.2 Å². The Morgan fingerprint density at radius 3 is 2.58 bits per heavy atom. The maximum absolute atomic E-state index is 11.7. The van der Waals surface area contributed by atoms with Gasteiger partial charge in [-0.1, -0.05) is 12.1 Å². The number of carbonyl (C=O) groups excluding carboxylic acids is 1. The third-order valence-corrected chi connectivity index (χ3v) is 5.31. The molecule has 2 aromatic rings. The van der Waals surface area contributed by atoms with Gasteiger partial charge in [0.1, 0.15) is 11.5 Å². The summed E-state index contributed by atoms with van der Waals surface area (Å²) in [7, 11) is 5.72. The van der Waals surface area contributed by atoms with Gasteiger partial charge in [0.2, 0.25) is 5.90 Å². The van der Waals surface area contributed by atoms with Crippen molar-refractivity contribution in [3.63, 3.8) is 0 Å². The predicted octanol–water partition coefficient (Wildman–Crippen LogP) is 2.61. The highest BCUT2D eigenvalue weighted by Crippen LogP contribution is 2.30. The SMILES string of the molecule is COc1ccc(C2=NN(N3CCC3Oc3ccc(CN(C)C)cc3C)C(C=O)O2)cc1. The van der Waals surface area contributed by atoms with Crippen LogP contribution in [-0.2, 0) is 16.1 Å². The number of aryl methyl sites for hydroxylation is 1. The topological polar surface area (TPSA) is 66.8 Å². The third kappa shape index (κ3) is 4.50. The van der Waals surface area contributed by atoms with Crippen LogP contribution >= 0.6 is 0 Å². The molecule has 2 heterocycles. The minimum atomic E-state index is -0.813. The van der Waals surface area contributed by atoms with Gasteiger partial charge in [-0.15, -0.1) is 5.10 Å². The summed E-state index contributed by atoms with van der Waals surface area (Å²) in [6.45, 7) is 3.66. The Bertz CT molecular complexity index is 961. The van der Waals surface area contributed by atoms with Crippen LogP contribution in [0.3, 0.4) is 0 Å². The van der Waals surface area contributed by atoms with E-state index in [-0.39, 0.29) is 6.23 Å². The number of hydrogen-bond donors (Lipinski definition) is 0. The number of rotatable bonds is 8. The second-order valence-corrected chi connectivity index (χ2v) is 7.96. The van der Waals surface area contributed by atoms with Crippen molar-refractivity contribution in [3.05, 3.63) is 59.2 Å². The summed E-state index contributed by atoms with van der Waals surface area (Å²) in [6, 6.07) is 13.6. The van der Waals surface area contributed by atoms with Gasteiger partial charge in [0.15, 0.2) is 12.5 Å². The third-order valence-electron chi connectivity index (χ3n) is 5.31. The number of methoxy groups -OCH3 is 1. The Kier molecular flexibility index (Phi) is 6.11. The summed E-state index contributed by atoms with van der Waals surface area (Å²) in [5, 5.41) is 8.04. The molecule has 0 N–H and O–H groups in total. The van der Waals surface area contributed by atoms with Crippen LogP contribution in [0.1, 0.15) is 23.1 Å². The van der Waals surface area contributed by atoms with Crippen LogP contribution in [0.15, 0.2) is 47.6 Å². The summed E-state index contributed by atoms with van der Waals surface area (Å²) < 4.78 is 17.2. The smallest absolute Gasteiger partial charge is 0.260 e. The molecule has 2 unspecified atom stereocenters. The summed E-state index contributed by atoms with van der Waals surface area (Å²) in [5.74, 6) is 1.98. The summed E-state index contributed by atoms with van der Waals surface area (Å²) in [5.41, 5.74) is 3.10. The fraction of sp³-hybridized carbons (Fsp3) is 0.391. The fourth-order valence-corrected chi connectivity index (χ4v) is 3.64. The van der Waals surface area contributed by atoms with Crippen molar-refractivity contribution in [2.24, 2.45) is 5.10 Å². The van der Waals surface area contributed by atoms with Gasteiger partial charge in [-0.25, -0.2) is 0 Å². The number of hydrazone groups is 1. The minimum absolute atomic E-state index is 0.205. The van der Waals surface area contributed by atoms with Gasteiger partial charge >= 0.3 is 0 Å². The highest BCUT2D eigenvalue weighted by atomic mass is 16.6. The molecule has 2 aromatic carbocycles. The molecule has 0 amide bonds. The highest BCUT2D eigenvalue weighted by molar-refractivity contribution is 5.95. The van der Waals surface area contributed by atoms with Crippen LogP contribution < -0.4 is 9.47 Å². The molecule has 2 aliphatic heterocycles.